The van der Waals surface area contributed by atoms with Gasteiger partial charge >= 0.3 is 0 Å². The van der Waals surface area contributed by atoms with Crippen LogP contribution in [-0.2, 0) is 0 Å². The largest absolute Gasteiger partial charge is 0.284 e. The van der Waals surface area contributed by atoms with Crippen molar-refractivity contribution in [2.45, 2.75) is 12.5 Å². The predicted octanol–water partition coefficient (Wildman–Crippen LogP) is 2.87. The highest BCUT2D eigenvalue weighted by Gasteiger charge is 2.19. The average molecular weight is 292 g/mol. The predicted molar refractivity (Wildman–Crippen MR) is 83.0 cm³/mol. The summed E-state index contributed by atoms with van der Waals surface area (Å²) < 4.78 is 1.94. The van der Waals surface area contributed by atoms with Crippen molar-refractivity contribution >= 4 is 22.4 Å². The zero-order valence-corrected chi connectivity index (χ0v) is 11.6. The highest BCUT2D eigenvalue weighted by Crippen LogP contribution is 2.22. The Labute approximate surface area is 125 Å². The molecule has 6 nitrogen and oxygen atoms in total. The van der Waals surface area contributed by atoms with Crippen molar-refractivity contribution in [3.63, 3.8) is 0 Å². The molecule has 6 heteroatoms. The number of rotatable bonds is 2. The first-order chi connectivity index (χ1) is 10.7. The minimum atomic E-state index is -0.638. The van der Waals surface area contributed by atoms with Crippen LogP contribution in [0.2, 0.25) is 0 Å². The van der Waals surface area contributed by atoms with Crippen molar-refractivity contribution in [2.75, 3.05) is 0 Å². The molecule has 0 fully saturated rings. The van der Waals surface area contributed by atoms with E-state index in [9.17, 15) is 10.1 Å². The van der Waals surface area contributed by atoms with Crippen LogP contribution in [0.15, 0.2) is 54.8 Å². The normalized spacial score (nSPS) is 17.8. The fourth-order valence-electron chi connectivity index (χ4n) is 2.66. The molecule has 0 saturated carbocycles. The summed E-state index contributed by atoms with van der Waals surface area (Å²) in [4.78, 5) is 19.6. The summed E-state index contributed by atoms with van der Waals surface area (Å²) in [6.45, 7) is 0. The monoisotopic (exact) mass is 292 g/mol. The number of imidazole rings is 1. The number of para-hydroxylation sites is 2. The topological polar surface area (TPSA) is 73.3 Å². The Kier molecular flexibility index (Phi) is 2.75. The molecule has 3 aromatic rings. The van der Waals surface area contributed by atoms with E-state index in [-0.39, 0.29) is 4.92 Å². The molecule has 1 aromatic carbocycles. The lowest BCUT2D eigenvalue weighted by Crippen LogP contribution is -2.17. The van der Waals surface area contributed by atoms with E-state index in [2.05, 4.69) is 9.97 Å². The third-order valence-corrected chi connectivity index (χ3v) is 3.82. The van der Waals surface area contributed by atoms with E-state index in [1.165, 1.54) is 0 Å². The van der Waals surface area contributed by atoms with E-state index in [1.54, 1.807) is 12.2 Å². The highest BCUT2D eigenvalue weighted by atomic mass is 16.6. The van der Waals surface area contributed by atoms with E-state index in [0.29, 0.717) is 12.2 Å². The maximum absolute atomic E-state index is 10.8. The van der Waals surface area contributed by atoms with Gasteiger partial charge < -0.3 is 0 Å². The third-order valence-electron chi connectivity index (χ3n) is 3.82. The summed E-state index contributed by atoms with van der Waals surface area (Å²) in [6, 6.07) is 9.13. The second-order valence-corrected chi connectivity index (χ2v) is 5.19. The smallest absolute Gasteiger partial charge is 0.235 e. The van der Waals surface area contributed by atoms with Crippen LogP contribution in [0, 0.1) is 10.1 Å². The Morgan fingerprint density at radius 2 is 2.09 bits per heavy atom. The zero-order chi connectivity index (χ0) is 15.1. The second-order valence-electron chi connectivity index (χ2n) is 5.19. The lowest BCUT2D eigenvalue weighted by atomic mass is 10.0. The molecule has 2 heterocycles. The van der Waals surface area contributed by atoms with Gasteiger partial charge in [0.1, 0.15) is 0 Å². The summed E-state index contributed by atoms with van der Waals surface area (Å²) >= 11 is 0. The summed E-state index contributed by atoms with van der Waals surface area (Å²) in [5, 5.41) is 10.8. The molecule has 0 bridgehead atoms. The lowest BCUT2D eigenvalue weighted by molar-refractivity contribution is -0.508. The second kappa shape index (κ2) is 4.77. The number of hydrogen-bond acceptors (Lipinski definition) is 4. The van der Waals surface area contributed by atoms with Crippen molar-refractivity contribution in [3.05, 3.63) is 70.6 Å². The molecule has 108 valence electrons. The summed E-state index contributed by atoms with van der Waals surface area (Å²) in [6.07, 6.45) is 7.56. The minimum absolute atomic E-state index is 0.276. The molecule has 1 aliphatic carbocycles. The fourth-order valence-corrected chi connectivity index (χ4v) is 2.66. The molecule has 1 atom stereocenters. The number of hydrogen-bond donors (Lipinski definition) is 0. The Morgan fingerprint density at radius 1 is 1.23 bits per heavy atom. The van der Waals surface area contributed by atoms with Gasteiger partial charge in [-0.25, -0.2) is 9.97 Å². The Bertz CT molecular complexity index is 955. The molecule has 0 aliphatic heterocycles. The number of nitrogens with zero attached hydrogens (tertiary/aromatic N) is 4. The third kappa shape index (κ3) is 1.96. The first kappa shape index (κ1) is 12.7. The Balaban J connectivity index is 1.76. The van der Waals surface area contributed by atoms with Crippen LogP contribution in [0.25, 0.3) is 22.4 Å². The van der Waals surface area contributed by atoms with Gasteiger partial charge in [0.2, 0.25) is 11.8 Å². The maximum atomic E-state index is 10.8. The SMILES string of the molecule is O=[N+]([O-])C1C=CC(c2ccn3c(n2)nc2ccccc23)=CC1. The van der Waals surface area contributed by atoms with Gasteiger partial charge in [0.25, 0.3) is 0 Å². The van der Waals surface area contributed by atoms with Crippen molar-refractivity contribution in [1.82, 2.24) is 14.4 Å². The van der Waals surface area contributed by atoms with Crippen LogP contribution in [0.4, 0.5) is 0 Å². The number of nitro groups is 1. The van der Waals surface area contributed by atoms with Crippen molar-refractivity contribution < 1.29 is 4.92 Å². The molecule has 22 heavy (non-hydrogen) atoms. The Morgan fingerprint density at radius 3 is 2.86 bits per heavy atom. The van der Waals surface area contributed by atoms with Crippen LogP contribution in [0.5, 0.6) is 0 Å². The molecule has 2 aromatic heterocycles. The van der Waals surface area contributed by atoms with E-state index >= 15 is 0 Å². The van der Waals surface area contributed by atoms with Crippen molar-refractivity contribution in [3.8, 4) is 0 Å². The number of allylic oxidation sites excluding steroid dienone is 2. The number of aromatic nitrogens is 3. The van der Waals surface area contributed by atoms with Crippen LogP contribution in [0.1, 0.15) is 12.1 Å². The zero-order valence-electron chi connectivity index (χ0n) is 11.6. The molecular formula is C16H12N4O2. The standard InChI is InChI=1S/C16H12N4O2/c21-20(22)12-7-5-11(6-8-12)13-9-10-19-15-4-2-1-3-14(15)18-16(19)17-13/h1-7,9-10,12H,8H2. The van der Waals surface area contributed by atoms with Crippen LogP contribution >= 0.6 is 0 Å². The van der Waals surface area contributed by atoms with Gasteiger partial charge in [-0.2, -0.15) is 0 Å². The van der Waals surface area contributed by atoms with Gasteiger partial charge in [-0.1, -0.05) is 24.3 Å². The van der Waals surface area contributed by atoms with Crippen molar-refractivity contribution in [1.29, 1.82) is 0 Å². The van der Waals surface area contributed by atoms with E-state index < -0.39 is 6.04 Å². The van der Waals surface area contributed by atoms with Gasteiger partial charge in [-0.05, 0) is 29.8 Å². The quantitative estimate of drug-likeness (QED) is 0.537. The van der Waals surface area contributed by atoms with E-state index in [1.807, 2.05) is 47.0 Å². The molecule has 0 spiro atoms. The summed E-state index contributed by atoms with van der Waals surface area (Å²) in [7, 11) is 0. The van der Waals surface area contributed by atoms with Crippen LogP contribution in [-0.4, -0.2) is 25.3 Å². The van der Waals surface area contributed by atoms with E-state index in [0.717, 1.165) is 22.3 Å². The summed E-state index contributed by atoms with van der Waals surface area (Å²) in [5.41, 5.74) is 3.58. The fraction of sp³-hybridized carbons (Fsp3) is 0.125. The van der Waals surface area contributed by atoms with Gasteiger partial charge in [0.05, 0.1) is 16.7 Å². The van der Waals surface area contributed by atoms with Gasteiger partial charge in [-0.3, -0.25) is 14.5 Å². The number of benzene rings is 1. The Hall–Kier alpha value is -3.02. The van der Waals surface area contributed by atoms with Crippen LogP contribution < -0.4 is 0 Å². The highest BCUT2D eigenvalue weighted by molar-refractivity contribution is 5.80. The van der Waals surface area contributed by atoms with Crippen LogP contribution in [0.3, 0.4) is 0 Å². The molecule has 1 unspecified atom stereocenters. The first-order valence-corrected chi connectivity index (χ1v) is 6.98. The van der Waals surface area contributed by atoms with Gasteiger partial charge in [0, 0.05) is 17.5 Å². The lowest BCUT2D eigenvalue weighted by Gasteiger charge is -2.10. The molecule has 0 N–H and O–H groups in total. The molecule has 4 rings (SSSR count). The maximum Gasteiger partial charge on any atom is 0.235 e. The average Bonchev–Trinajstić information content (AvgIpc) is 2.92. The van der Waals surface area contributed by atoms with Gasteiger partial charge in [0.15, 0.2) is 0 Å². The molecule has 1 aliphatic rings. The first-order valence-electron chi connectivity index (χ1n) is 6.98. The summed E-state index contributed by atoms with van der Waals surface area (Å²) in [5.74, 6) is 0.629. The minimum Gasteiger partial charge on any atom is -0.284 e. The molecule has 0 radical (unpaired) electrons. The molecule has 0 saturated heterocycles. The van der Waals surface area contributed by atoms with Gasteiger partial charge in [-0.15, -0.1) is 0 Å². The number of fused-ring (bicyclic) bond motifs is 3. The van der Waals surface area contributed by atoms with Crippen molar-refractivity contribution in [2.24, 2.45) is 0 Å². The molecular weight excluding hydrogens is 280 g/mol. The van der Waals surface area contributed by atoms with E-state index in [4.69, 9.17) is 0 Å². The molecule has 0 amide bonds.